The number of hydrogen-bond donors (Lipinski definition) is 0. The van der Waals surface area contributed by atoms with Crippen LogP contribution in [0.5, 0.6) is 11.5 Å². The van der Waals surface area contributed by atoms with Crippen LogP contribution in [0.1, 0.15) is 52.7 Å². The number of pyridine rings is 1. The summed E-state index contributed by atoms with van der Waals surface area (Å²) >= 11 is 0. The third kappa shape index (κ3) is 5.53. The number of aromatic nitrogens is 2. The van der Waals surface area contributed by atoms with Gasteiger partial charge in [0.25, 0.3) is 0 Å². The van der Waals surface area contributed by atoms with Crippen molar-refractivity contribution in [2.75, 3.05) is 23.5 Å². The number of para-hydroxylation sites is 2. The van der Waals surface area contributed by atoms with Gasteiger partial charge in [-0.3, -0.25) is 0 Å². The molecule has 0 fully saturated rings. The van der Waals surface area contributed by atoms with E-state index in [0.29, 0.717) is 11.5 Å². The first-order valence-corrected chi connectivity index (χ1v) is 15.2. The maximum absolute atomic E-state index is 6.48. The molecule has 0 N–H and O–H groups in total. The topological polar surface area (TPSA) is 33.5 Å². The SMILES string of the molecule is CN1CN(c2[c-]c(Oc3[c-]c4c(cc3)c3c(C(C)(C)C)cccc3n4-c3cc(C(C)(C)C)ccn3)ccc2)c2ccccc21.[Pt+2]. The van der Waals surface area contributed by atoms with Crippen molar-refractivity contribution >= 4 is 38.9 Å². The summed E-state index contributed by atoms with van der Waals surface area (Å²) in [6.07, 6.45) is 1.91. The van der Waals surface area contributed by atoms with Gasteiger partial charge in [0.2, 0.25) is 0 Å². The molecule has 45 heavy (non-hydrogen) atoms. The van der Waals surface area contributed by atoms with Crippen LogP contribution in [0.25, 0.3) is 27.6 Å². The van der Waals surface area contributed by atoms with Crippen LogP contribution in [0.4, 0.5) is 17.1 Å². The van der Waals surface area contributed by atoms with E-state index in [0.717, 1.165) is 34.6 Å². The second-order valence-electron chi connectivity index (χ2n) is 13.8. The van der Waals surface area contributed by atoms with Gasteiger partial charge in [-0.1, -0.05) is 77.0 Å². The van der Waals surface area contributed by atoms with E-state index in [1.807, 2.05) is 24.4 Å². The minimum Gasteiger partial charge on any atom is -0.509 e. The number of fused-ring (bicyclic) bond motifs is 4. The molecule has 6 heteroatoms. The third-order valence-corrected chi connectivity index (χ3v) is 8.52. The summed E-state index contributed by atoms with van der Waals surface area (Å²) in [7, 11) is 2.11. The first-order chi connectivity index (χ1) is 21.0. The van der Waals surface area contributed by atoms with E-state index in [1.54, 1.807) is 0 Å². The van der Waals surface area contributed by atoms with Crippen molar-refractivity contribution in [1.29, 1.82) is 0 Å². The summed E-state index contributed by atoms with van der Waals surface area (Å²) < 4.78 is 8.71. The fourth-order valence-corrected chi connectivity index (χ4v) is 6.26. The predicted molar refractivity (Wildman–Crippen MR) is 182 cm³/mol. The number of rotatable bonds is 4. The Labute approximate surface area is 280 Å². The van der Waals surface area contributed by atoms with Crippen LogP contribution in [0, 0.1) is 12.1 Å². The van der Waals surface area contributed by atoms with E-state index in [4.69, 9.17) is 9.72 Å². The van der Waals surface area contributed by atoms with Crippen LogP contribution in [-0.4, -0.2) is 23.3 Å². The molecule has 0 spiro atoms. The molecule has 5 nitrogen and oxygen atoms in total. The summed E-state index contributed by atoms with van der Waals surface area (Å²) in [4.78, 5) is 9.37. The molecule has 230 valence electrons. The zero-order valence-electron chi connectivity index (χ0n) is 26.9. The third-order valence-electron chi connectivity index (χ3n) is 8.52. The van der Waals surface area contributed by atoms with Gasteiger partial charge in [0.15, 0.2) is 0 Å². The molecule has 1 aliphatic heterocycles. The smallest absolute Gasteiger partial charge is 0.509 e. The molecule has 0 saturated heterocycles. The Balaban J connectivity index is 0.00000357. The van der Waals surface area contributed by atoms with Crippen molar-refractivity contribution in [3.63, 3.8) is 0 Å². The van der Waals surface area contributed by atoms with Gasteiger partial charge in [0, 0.05) is 30.3 Å². The zero-order chi connectivity index (χ0) is 30.8. The van der Waals surface area contributed by atoms with E-state index in [2.05, 4.69) is 142 Å². The summed E-state index contributed by atoms with van der Waals surface area (Å²) in [6, 6.07) is 36.7. The summed E-state index contributed by atoms with van der Waals surface area (Å²) in [5.74, 6) is 2.16. The van der Waals surface area contributed by atoms with Gasteiger partial charge < -0.3 is 19.1 Å². The monoisotopic (exact) mass is 773 g/mol. The van der Waals surface area contributed by atoms with Gasteiger partial charge in [-0.15, -0.1) is 35.7 Å². The maximum atomic E-state index is 6.48. The minimum atomic E-state index is -0.0356. The number of nitrogens with zero attached hydrogens (tertiary/aromatic N) is 4. The van der Waals surface area contributed by atoms with Crippen LogP contribution < -0.4 is 14.5 Å². The quantitative estimate of drug-likeness (QED) is 0.167. The molecular weight excluding hydrogens is 736 g/mol. The molecule has 0 amide bonds. The van der Waals surface area contributed by atoms with Crippen molar-refractivity contribution in [3.8, 4) is 17.3 Å². The molecule has 6 aromatic rings. The largest absolute Gasteiger partial charge is 2.00 e. The molecule has 0 bridgehead atoms. The summed E-state index contributed by atoms with van der Waals surface area (Å²) in [6.45, 7) is 14.3. The summed E-state index contributed by atoms with van der Waals surface area (Å²) in [5, 5.41) is 2.36. The molecule has 4 aromatic carbocycles. The Hall–Kier alpha value is -4.08. The van der Waals surface area contributed by atoms with Crippen molar-refractivity contribution in [2.45, 2.75) is 52.4 Å². The average Bonchev–Trinajstić information content (AvgIpc) is 3.51. The fourth-order valence-electron chi connectivity index (χ4n) is 6.26. The Kier molecular flexibility index (Phi) is 7.81. The predicted octanol–water partition coefficient (Wildman–Crippen LogP) is 9.71. The van der Waals surface area contributed by atoms with Crippen LogP contribution in [0.2, 0.25) is 0 Å². The molecule has 0 aliphatic carbocycles. The normalized spacial score (nSPS) is 13.3. The molecule has 7 rings (SSSR count). The van der Waals surface area contributed by atoms with Crippen LogP contribution in [0.3, 0.4) is 0 Å². The van der Waals surface area contributed by atoms with Gasteiger partial charge in [-0.2, -0.15) is 12.1 Å². The van der Waals surface area contributed by atoms with Crippen molar-refractivity contribution in [3.05, 3.63) is 114 Å². The number of benzene rings is 4. The van der Waals surface area contributed by atoms with E-state index in [-0.39, 0.29) is 31.9 Å². The Morgan fingerprint density at radius 1 is 0.756 bits per heavy atom. The molecule has 0 unspecified atom stereocenters. The van der Waals surface area contributed by atoms with Crippen LogP contribution >= 0.6 is 0 Å². The van der Waals surface area contributed by atoms with E-state index >= 15 is 0 Å². The molecule has 0 radical (unpaired) electrons. The molecule has 0 atom stereocenters. The number of hydrogen-bond acceptors (Lipinski definition) is 4. The van der Waals surface area contributed by atoms with Gasteiger partial charge >= 0.3 is 21.1 Å². The standard InChI is InChI=1S/C39H38N4O.Pt/c1-38(2,3)26-20-21-40-36(22-26)43-34-17-11-14-31(39(4,5)6)37(34)30-19-18-29(24-35(30)43)44-28-13-10-12-27(23-28)42-25-41(7)32-15-8-9-16-33(32)42;/h8-22H,25H2,1-7H3;/q-2;+2. The van der Waals surface area contributed by atoms with E-state index in [9.17, 15) is 0 Å². The van der Waals surface area contributed by atoms with Crippen LogP contribution in [-0.2, 0) is 31.9 Å². The zero-order valence-corrected chi connectivity index (χ0v) is 29.2. The second-order valence-corrected chi connectivity index (χ2v) is 13.8. The van der Waals surface area contributed by atoms with Crippen molar-refractivity contribution in [1.82, 2.24) is 9.55 Å². The maximum Gasteiger partial charge on any atom is 2.00 e. The fraction of sp³-hybridized carbons (Fsp3) is 0.256. The van der Waals surface area contributed by atoms with Gasteiger partial charge in [-0.25, -0.2) is 4.98 Å². The van der Waals surface area contributed by atoms with Gasteiger partial charge in [0.05, 0.1) is 18.0 Å². The molecule has 2 aromatic heterocycles. The molecule has 3 heterocycles. The first-order valence-electron chi connectivity index (χ1n) is 15.2. The van der Waals surface area contributed by atoms with Crippen molar-refractivity contribution in [2.24, 2.45) is 0 Å². The Morgan fingerprint density at radius 3 is 2.24 bits per heavy atom. The van der Waals surface area contributed by atoms with Crippen LogP contribution in [0.15, 0.2) is 91.1 Å². The van der Waals surface area contributed by atoms with Crippen molar-refractivity contribution < 1.29 is 25.8 Å². The Bertz CT molecular complexity index is 2030. The first kappa shape index (κ1) is 30.9. The second kappa shape index (κ2) is 11.4. The Morgan fingerprint density at radius 2 is 1.49 bits per heavy atom. The van der Waals surface area contributed by atoms with E-state index in [1.165, 1.54) is 27.9 Å². The number of ether oxygens (including phenoxy) is 1. The van der Waals surface area contributed by atoms with Gasteiger partial charge in [0.1, 0.15) is 5.82 Å². The molecular formula is C39H38N4OPt. The van der Waals surface area contributed by atoms with Gasteiger partial charge in [-0.05, 0) is 57.7 Å². The van der Waals surface area contributed by atoms with E-state index < -0.39 is 0 Å². The average molecular weight is 774 g/mol. The molecule has 1 aliphatic rings. The number of anilines is 3. The molecule has 0 saturated carbocycles. The minimum absolute atomic E-state index is 0. The summed E-state index contributed by atoms with van der Waals surface area (Å²) in [5.41, 5.74) is 7.89.